The first-order valence-electron chi connectivity index (χ1n) is 14.9. The van der Waals surface area contributed by atoms with Gasteiger partial charge in [-0.2, -0.15) is 0 Å². The summed E-state index contributed by atoms with van der Waals surface area (Å²) in [5, 5.41) is 22.7. The Balaban J connectivity index is 1.19. The normalized spacial score (nSPS) is 22.7. The Bertz CT molecular complexity index is 1550. The van der Waals surface area contributed by atoms with Crippen molar-refractivity contribution in [2.24, 2.45) is 11.8 Å². The highest BCUT2D eigenvalue weighted by Gasteiger charge is 2.46. The van der Waals surface area contributed by atoms with E-state index in [0.717, 1.165) is 56.4 Å². The standard InChI is InChI=1S/C40H32O4/c41-39-33(21-27-23-35(29-13-5-1-6-14-29)43-36(24-27)30-15-7-2-8-16-30)40(42)34(39)22-28-25-37(31-17-9-3-10-18-31)44-38(26-28)32-19-11-4-12-20-32/h1-26,33-34,39-42H. The zero-order valence-electron chi connectivity index (χ0n) is 24.0. The Labute approximate surface area is 257 Å². The molecular weight excluding hydrogens is 544 g/mol. The van der Waals surface area contributed by atoms with Crippen LogP contribution in [0.3, 0.4) is 0 Å². The van der Waals surface area contributed by atoms with Crippen molar-refractivity contribution in [1.29, 1.82) is 0 Å². The van der Waals surface area contributed by atoms with Gasteiger partial charge in [0.25, 0.3) is 0 Å². The van der Waals surface area contributed by atoms with E-state index in [0.29, 0.717) is 0 Å². The smallest absolute Gasteiger partial charge is 0.135 e. The number of rotatable bonds is 6. The number of hydrogen-bond donors (Lipinski definition) is 2. The highest BCUT2D eigenvalue weighted by atomic mass is 16.5. The number of hydrogen-bond acceptors (Lipinski definition) is 4. The molecule has 7 rings (SSSR count). The maximum absolute atomic E-state index is 11.3. The Morgan fingerprint density at radius 2 is 0.636 bits per heavy atom. The van der Waals surface area contributed by atoms with Crippen LogP contribution in [0.25, 0.3) is 23.0 Å². The van der Waals surface area contributed by atoms with Gasteiger partial charge in [-0.25, -0.2) is 0 Å². The third-order valence-electron chi connectivity index (χ3n) is 8.21. The minimum absolute atomic E-state index is 0.429. The fraction of sp³-hybridized carbons (Fsp3) is 0.100. The summed E-state index contributed by atoms with van der Waals surface area (Å²) in [7, 11) is 0. The van der Waals surface area contributed by atoms with Crippen LogP contribution in [0.15, 0.2) is 169 Å². The monoisotopic (exact) mass is 576 g/mol. The predicted molar refractivity (Wildman–Crippen MR) is 175 cm³/mol. The van der Waals surface area contributed by atoms with Gasteiger partial charge in [-0.05, 0) is 35.5 Å². The first-order valence-corrected chi connectivity index (χ1v) is 14.9. The summed E-state index contributed by atoms with van der Waals surface area (Å²) < 4.78 is 12.6. The van der Waals surface area contributed by atoms with E-state index in [9.17, 15) is 10.2 Å². The van der Waals surface area contributed by atoms with Crippen molar-refractivity contribution in [3.63, 3.8) is 0 Å². The Morgan fingerprint density at radius 1 is 0.386 bits per heavy atom. The van der Waals surface area contributed by atoms with Gasteiger partial charge in [0.1, 0.15) is 23.0 Å². The van der Waals surface area contributed by atoms with Crippen molar-refractivity contribution < 1.29 is 19.7 Å². The molecule has 4 heteroatoms. The molecule has 0 spiro atoms. The van der Waals surface area contributed by atoms with E-state index in [1.165, 1.54) is 0 Å². The summed E-state index contributed by atoms with van der Waals surface area (Å²) in [5.41, 5.74) is 5.59. The van der Waals surface area contributed by atoms with E-state index in [-0.39, 0.29) is 0 Å². The van der Waals surface area contributed by atoms with Gasteiger partial charge < -0.3 is 19.7 Å². The van der Waals surface area contributed by atoms with Crippen molar-refractivity contribution in [3.05, 3.63) is 191 Å². The van der Waals surface area contributed by atoms with Gasteiger partial charge in [0.05, 0.1) is 12.2 Å². The third kappa shape index (κ3) is 5.73. The van der Waals surface area contributed by atoms with Crippen LogP contribution in [-0.4, -0.2) is 22.4 Å². The summed E-state index contributed by atoms with van der Waals surface area (Å²) in [4.78, 5) is 0. The molecule has 0 atom stereocenters. The van der Waals surface area contributed by atoms with Gasteiger partial charge in [0.15, 0.2) is 0 Å². The van der Waals surface area contributed by atoms with E-state index in [4.69, 9.17) is 9.47 Å². The van der Waals surface area contributed by atoms with E-state index < -0.39 is 24.0 Å². The van der Waals surface area contributed by atoms with E-state index in [1.807, 2.05) is 158 Å². The maximum atomic E-state index is 11.3. The van der Waals surface area contributed by atoms with Crippen molar-refractivity contribution in [3.8, 4) is 0 Å². The molecule has 4 aromatic carbocycles. The molecular formula is C40H32O4. The largest absolute Gasteiger partial charge is 0.456 e. The van der Waals surface area contributed by atoms with Gasteiger partial charge in [0.2, 0.25) is 0 Å². The number of aliphatic hydroxyl groups excluding tert-OH is 2. The molecule has 4 aromatic rings. The molecule has 0 amide bonds. The molecule has 0 radical (unpaired) electrons. The molecule has 4 nitrogen and oxygen atoms in total. The van der Waals surface area contributed by atoms with Crippen LogP contribution in [-0.2, 0) is 9.47 Å². The lowest BCUT2D eigenvalue weighted by Crippen LogP contribution is -2.53. The summed E-state index contributed by atoms with van der Waals surface area (Å²) in [5.74, 6) is 2.03. The highest BCUT2D eigenvalue weighted by molar-refractivity contribution is 5.79. The van der Waals surface area contributed by atoms with Crippen LogP contribution in [0.1, 0.15) is 22.3 Å². The summed E-state index contributed by atoms with van der Waals surface area (Å²) in [6.45, 7) is 0. The third-order valence-corrected chi connectivity index (χ3v) is 8.21. The molecule has 0 aromatic heterocycles. The highest BCUT2D eigenvalue weighted by Crippen LogP contribution is 2.41. The second-order valence-corrected chi connectivity index (χ2v) is 11.2. The zero-order chi connectivity index (χ0) is 29.9. The molecule has 1 saturated carbocycles. The molecule has 1 fully saturated rings. The topological polar surface area (TPSA) is 58.9 Å². The fourth-order valence-corrected chi connectivity index (χ4v) is 5.83. The Kier molecular flexibility index (Phi) is 7.68. The number of aliphatic hydroxyl groups is 2. The van der Waals surface area contributed by atoms with Gasteiger partial charge in [-0.3, -0.25) is 0 Å². The molecule has 2 N–H and O–H groups in total. The lowest BCUT2D eigenvalue weighted by Gasteiger charge is -2.44. The average molecular weight is 577 g/mol. The quantitative estimate of drug-likeness (QED) is 0.244. The van der Waals surface area contributed by atoms with E-state index >= 15 is 0 Å². The van der Waals surface area contributed by atoms with Crippen LogP contribution in [0, 0.1) is 11.8 Å². The molecule has 3 aliphatic rings. The Morgan fingerprint density at radius 3 is 0.886 bits per heavy atom. The second kappa shape index (κ2) is 12.2. The summed E-state index contributed by atoms with van der Waals surface area (Å²) in [6, 6.07) is 39.8. The minimum Gasteiger partial charge on any atom is -0.456 e. The maximum Gasteiger partial charge on any atom is 0.135 e. The van der Waals surface area contributed by atoms with Crippen molar-refractivity contribution >= 4 is 23.0 Å². The number of allylic oxidation sites excluding steroid dienone is 6. The van der Waals surface area contributed by atoms with Gasteiger partial charge in [-0.15, -0.1) is 0 Å². The minimum atomic E-state index is -0.750. The predicted octanol–water partition coefficient (Wildman–Crippen LogP) is 8.03. The van der Waals surface area contributed by atoms with Crippen LogP contribution in [0.2, 0.25) is 0 Å². The second-order valence-electron chi connectivity index (χ2n) is 11.2. The van der Waals surface area contributed by atoms with Gasteiger partial charge in [-0.1, -0.05) is 133 Å². The average Bonchev–Trinajstić information content (AvgIpc) is 3.10. The molecule has 2 heterocycles. The Hall–Kier alpha value is -5.16. The van der Waals surface area contributed by atoms with Crippen LogP contribution in [0.5, 0.6) is 0 Å². The SMILES string of the molecule is OC1C(C=C2C=C(c3ccccc3)OC(c3ccccc3)=C2)C(O)C1C=C1C=C(c2ccccc2)OC(c2ccccc2)=C1. The molecule has 1 aliphatic carbocycles. The molecule has 2 aliphatic heterocycles. The van der Waals surface area contributed by atoms with Crippen molar-refractivity contribution in [1.82, 2.24) is 0 Å². The number of ether oxygens (including phenoxy) is 2. The van der Waals surface area contributed by atoms with Crippen LogP contribution < -0.4 is 0 Å². The zero-order valence-corrected chi connectivity index (χ0v) is 24.0. The lowest BCUT2D eigenvalue weighted by molar-refractivity contribution is -0.110. The first kappa shape index (κ1) is 27.7. The molecule has 0 saturated heterocycles. The van der Waals surface area contributed by atoms with Crippen molar-refractivity contribution in [2.45, 2.75) is 12.2 Å². The number of benzene rings is 4. The summed E-state index contributed by atoms with van der Waals surface area (Å²) in [6.07, 6.45) is 10.3. The molecule has 44 heavy (non-hydrogen) atoms. The lowest BCUT2D eigenvalue weighted by atomic mass is 9.67. The summed E-state index contributed by atoms with van der Waals surface area (Å²) >= 11 is 0. The first-order chi connectivity index (χ1) is 21.6. The molecule has 0 bridgehead atoms. The molecule has 216 valence electrons. The van der Waals surface area contributed by atoms with Gasteiger partial charge in [0, 0.05) is 34.1 Å². The van der Waals surface area contributed by atoms with E-state index in [2.05, 4.69) is 0 Å². The van der Waals surface area contributed by atoms with E-state index in [1.54, 1.807) is 0 Å². The van der Waals surface area contributed by atoms with Crippen molar-refractivity contribution in [2.75, 3.05) is 0 Å². The van der Waals surface area contributed by atoms with Gasteiger partial charge >= 0.3 is 0 Å². The van der Waals surface area contributed by atoms with Crippen LogP contribution >= 0.6 is 0 Å². The molecule has 0 unspecified atom stereocenters. The fourth-order valence-electron chi connectivity index (χ4n) is 5.83. The van der Waals surface area contributed by atoms with Crippen LogP contribution in [0.4, 0.5) is 0 Å².